The highest BCUT2D eigenvalue weighted by atomic mass is 16.5. The van der Waals surface area contributed by atoms with Crippen LogP contribution in [0.25, 0.3) is 22.3 Å². The van der Waals surface area contributed by atoms with Crippen molar-refractivity contribution < 1.29 is 9.53 Å². The maximum Gasteiger partial charge on any atom is 0.247 e. The topological polar surface area (TPSA) is 109 Å². The Hall–Kier alpha value is -3.07. The summed E-state index contributed by atoms with van der Waals surface area (Å²) in [7, 11) is 0. The molecule has 0 radical (unpaired) electrons. The van der Waals surface area contributed by atoms with Gasteiger partial charge in [0.2, 0.25) is 5.91 Å². The van der Waals surface area contributed by atoms with Crippen LogP contribution in [0.1, 0.15) is 19.3 Å². The molecule has 2 aliphatic heterocycles. The van der Waals surface area contributed by atoms with Crippen molar-refractivity contribution in [1.29, 1.82) is 0 Å². The van der Waals surface area contributed by atoms with E-state index in [0.29, 0.717) is 29.8 Å². The number of rotatable bonds is 4. The van der Waals surface area contributed by atoms with E-state index in [9.17, 15) is 4.79 Å². The van der Waals surface area contributed by atoms with E-state index in [4.69, 9.17) is 9.72 Å². The van der Waals surface area contributed by atoms with Crippen LogP contribution in [0.15, 0.2) is 24.7 Å². The summed E-state index contributed by atoms with van der Waals surface area (Å²) in [6.07, 6.45) is 8.18. The van der Waals surface area contributed by atoms with Crippen LogP contribution < -0.4 is 10.2 Å². The molecule has 0 aliphatic carbocycles. The highest BCUT2D eigenvalue weighted by Crippen LogP contribution is 2.30. The minimum Gasteiger partial charge on any atom is -0.381 e. The third-order valence-corrected chi connectivity index (χ3v) is 5.41. The molecular weight excluding hydrogens is 358 g/mol. The molecule has 9 heteroatoms. The fraction of sp³-hybridized carbons (Fsp3) is 0.421. The third kappa shape index (κ3) is 3.18. The number of H-pyrrole nitrogens is 1. The number of nitrogens with one attached hydrogen (secondary N) is 2. The molecule has 2 aliphatic rings. The smallest absolute Gasteiger partial charge is 0.247 e. The molecule has 0 aromatic carbocycles. The van der Waals surface area contributed by atoms with Gasteiger partial charge in [0.25, 0.3) is 0 Å². The number of nitrogens with zero attached hydrogens (tertiary/aromatic N) is 5. The lowest BCUT2D eigenvalue weighted by Crippen LogP contribution is -2.42. The van der Waals surface area contributed by atoms with E-state index >= 15 is 0 Å². The molecule has 3 aromatic heterocycles. The first-order chi connectivity index (χ1) is 13.8. The molecule has 1 saturated heterocycles. The number of aromatic nitrogens is 5. The summed E-state index contributed by atoms with van der Waals surface area (Å²) < 4.78 is 5.43. The van der Waals surface area contributed by atoms with Gasteiger partial charge in [0, 0.05) is 31.5 Å². The summed E-state index contributed by atoms with van der Waals surface area (Å²) >= 11 is 0. The summed E-state index contributed by atoms with van der Waals surface area (Å²) in [5.41, 5.74) is 3.14. The van der Waals surface area contributed by atoms with Crippen LogP contribution in [0.4, 0.5) is 11.6 Å². The van der Waals surface area contributed by atoms with Crippen LogP contribution in [0.2, 0.25) is 0 Å². The normalized spacial score (nSPS) is 17.6. The molecule has 0 unspecified atom stereocenters. The predicted molar refractivity (Wildman–Crippen MR) is 104 cm³/mol. The van der Waals surface area contributed by atoms with Gasteiger partial charge in [-0.05, 0) is 31.2 Å². The number of carbonyl (C=O) groups excluding carboxylic acids is 1. The number of fused-ring (bicyclic) bond motifs is 2. The fourth-order valence-corrected chi connectivity index (χ4v) is 3.75. The SMILES string of the molecule is O=C1CNc2ncc(-c3cnc4cn[nH]c4c3)nc2N1CCC1CCOCC1. The Balaban J connectivity index is 1.43. The van der Waals surface area contributed by atoms with Crippen molar-refractivity contribution in [2.24, 2.45) is 5.92 Å². The second-order valence-electron chi connectivity index (χ2n) is 7.20. The molecule has 2 N–H and O–H groups in total. The first-order valence-electron chi connectivity index (χ1n) is 9.56. The van der Waals surface area contributed by atoms with Gasteiger partial charge in [-0.1, -0.05) is 0 Å². The number of aromatic amines is 1. The van der Waals surface area contributed by atoms with Crippen molar-refractivity contribution in [3.05, 3.63) is 24.7 Å². The highest BCUT2D eigenvalue weighted by Gasteiger charge is 2.28. The maximum absolute atomic E-state index is 12.6. The van der Waals surface area contributed by atoms with Crippen molar-refractivity contribution in [1.82, 2.24) is 25.1 Å². The van der Waals surface area contributed by atoms with Crippen molar-refractivity contribution in [2.75, 3.05) is 36.5 Å². The Bertz CT molecular complexity index is 1010. The lowest BCUT2D eigenvalue weighted by Gasteiger charge is -2.30. The van der Waals surface area contributed by atoms with Gasteiger partial charge in [0.1, 0.15) is 5.52 Å². The molecule has 5 heterocycles. The van der Waals surface area contributed by atoms with E-state index in [-0.39, 0.29) is 12.5 Å². The zero-order valence-corrected chi connectivity index (χ0v) is 15.4. The number of amides is 1. The van der Waals surface area contributed by atoms with Gasteiger partial charge in [0.15, 0.2) is 11.6 Å². The van der Waals surface area contributed by atoms with Crippen molar-refractivity contribution in [2.45, 2.75) is 19.3 Å². The van der Waals surface area contributed by atoms with Gasteiger partial charge in [-0.2, -0.15) is 5.10 Å². The first kappa shape index (κ1) is 17.1. The van der Waals surface area contributed by atoms with Crippen LogP contribution in [-0.4, -0.2) is 57.4 Å². The van der Waals surface area contributed by atoms with E-state index in [1.54, 1.807) is 23.5 Å². The van der Waals surface area contributed by atoms with Crippen LogP contribution >= 0.6 is 0 Å². The fourth-order valence-electron chi connectivity index (χ4n) is 3.75. The molecule has 0 bridgehead atoms. The number of anilines is 2. The summed E-state index contributed by atoms with van der Waals surface area (Å²) in [4.78, 5) is 28.0. The Morgan fingerprint density at radius 1 is 1.18 bits per heavy atom. The van der Waals surface area contributed by atoms with Crippen molar-refractivity contribution >= 4 is 28.6 Å². The predicted octanol–water partition coefficient (Wildman–Crippen LogP) is 1.99. The maximum atomic E-state index is 12.6. The Morgan fingerprint density at radius 2 is 2.07 bits per heavy atom. The lowest BCUT2D eigenvalue weighted by molar-refractivity contribution is -0.117. The summed E-state index contributed by atoms with van der Waals surface area (Å²) in [6, 6.07) is 1.94. The monoisotopic (exact) mass is 379 g/mol. The van der Waals surface area contributed by atoms with E-state index in [2.05, 4.69) is 25.5 Å². The average molecular weight is 379 g/mol. The standard InChI is InChI=1S/C19H21N7O2/c27-17-11-22-18-19(26(17)4-1-12-2-5-28-6-3-12)24-15(9-21-18)13-7-14-16(20-8-13)10-23-25-14/h7-10,12H,1-6,11H2,(H,21,22)(H,23,25). The quantitative estimate of drug-likeness (QED) is 0.713. The molecule has 1 fully saturated rings. The lowest BCUT2D eigenvalue weighted by atomic mass is 9.96. The first-order valence-corrected chi connectivity index (χ1v) is 9.56. The molecule has 0 atom stereocenters. The molecule has 9 nitrogen and oxygen atoms in total. The number of hydrogen-bond donors (Lipinski definition) is 2. The molecule has 0 spiro atoms. The van der Waals surface area contributed by atoms with Crippen LogP contribution in [0, 0.1) is 5.92 Å². The second kappa shape index (κ2) is 7.16. The largest absolute Gasteiger partial charge is 0.381 e. The highest BCUT2D eigenvalue weighted by molar-refractivity contribution is 6.00. The molecule has 3 aromatic rings. The molecule has 144 valence electrons. The molecule has 28 heavy (non-hydrogen) atoms. The molecular formula is C19H21N7O2. The zero-order chi connectivity index (χ0) is 18.9. The molecule has 0 saturated carbocycles. The Morgan fingerprint density at radius 3 is 2.96 bits per heavy atom. The van der Waals surface area contributed by atoms with Gasteiger partial charge < -0.3 is 10.1 Å². The Labute approximate surface area is 161 Å². The third-order valence-electron chi connectivity index (χ3n) is 5.41. The van der Waals surface area contributed by atoms with Gasteiger partial charge in [0.05, 0.1) is 30.1 Å². The number of carbonyl (C=O) groups is 1. The van der Waals surface area contributed by atoms with Crippen LogP contribution in [0.5, 0.6) is 0 Å². The molecule has 1 amide bonds. The van der Waals surface area contributed by atoms with Crippen molar-refractivity contribution in [3.8, 4) is 11.3 Å². The zero-order valence-electron chi connectivity index (χ0n) is 15.4. The van der Waals surface area contributed by atoms with Crippen LogP contribution in [0.3, 0.4) is 0 Å². The van der Waals surface area contributed by atoms with Crippen molar-refractivity contribution in [3.63, 3.8) is 0 Å². The number of ether oxygens (including phenoxy) is 1. The molecule has 5 rings (SSSR count). The number of pyridine rings is 1. The average Bonchev–Trinajstić information content (AvgIpc) is 3.21. The minimum atomic E-state index is 0.0214. The van der Waals surface area contributed by atoms with E-state index in [1.165, 1.54) is 0 Å². The second-order valence-corrected chi connectivity index (χ2v) is 7.20. The van der Waals surface area contributed by atoms with E-state index in [0.717, 1.165) is 49.1 Å². The van der Waals surface area contributed by atoms with Gasteiger partial charge >= 0.3 is 0 Å². The van der Waals surface area contributed by atoms with Gasteiger partial charge in [-0.15, -0.1) is 0 Å². The summed E-state index contributed by atoms with van der Waals surface area (Å²) in [5.74, 6) is 1.84. The van der Waals surface area contributed by atoms with E-state index < -0.39 is 0 Å². The van der Waals surface area contributed by atoms with Gasteiger partial charge in [-0.25, -0.2) is 9.97 Å². The number of hydrogen-bond acceptors (Lipinski definition) is 7. The van der Waals surface area contributed by atoms with E-state index in [1.807, 2.05) is 6.07 Å². The summed E-state index contributed by atoms with van der Waals surface area (Å²) in [5, 5.41) is 9.99. The summed E-state index contributed by atoms with van der Waals surface area (Å²) in [6.45, 7) is 2.51. The van der Waals surface area contributed by atoms with Crippen LogP contribution in [-0.2, 0) is 9.53 Å². The minimum absolute atomic E-state index is 0.0214. The Kier molecular flexibility index (Phi) is 4.36. The van der Waals surface area contributed by atoms with Gasteiger partial charge in [-0.3, -0.25) is 19.8 Å².